The van der Waals surface area contributed by atoms with Gasteiger partial charge in [-0.05, 0) is 29.2 Å². The van der Waals surface area contributed by atoms with Crippen molar-refractivity contribution in [1.29, 1.82) is 0 Å². The van der Waals surface area contributed by atoms with Gasteiger partial charge in [-0.1, -0.05) is 40.7 Å². The topological polar surface area (TPSA) is 15.3 Å². The van der Waals surface area contributed by atoms with Crippen LogP contribution in [0.3, 0.4) is 0 Å². The third-order valence-corrected chi connectivity index (χ3v) is 5.41. The molecule has 0 bridgehead atoms. The zero-order valence-electron chi connectivity index (χ0n) is 13.6. The van der Waals surface area contributed by atoms with Gasteiger partial charge in [0.15, 0.2) is 0 Å². The summed E-state index contributed by atoms with van der Waals surface area (Å²) in [6, 6.07) is 5.70. The summed E-state index contributed by atoms with van der Waals surface area (Å²) in [5.74, 6) is 0.708. The summed E-state index contributed by atoms with van der Waals surface area (Å²) < 4.78 is 0. The van der Waals surface area contributed by atoms with E-state index < -0.39 is 0 Å². The summed E-state index contributed by atoms with van der Waals surface area (Å²) in [5, 5.41) is 5.95. The Morgan fingerprint density at radius 3 is 2.70 bits per heavy atom. The molecule has 1 fully saturated rings. The molecule has 0 aliphatic carbocycles. The fraction of sp³-hybridized carbons (Fsp3) is 0.765. The maximum absolute atomic E-state index is 3.76. The highest BCUT2D eigenvalue weighted by atomic mass is 32.1. The molecule has 3 heteroatoms. The molecule has 20 heavy (non-hydrogen) atoms. The minimum Gasteiger partial charge on any atom is -0.311 e. The van der Waals surface area contributed by atoms with Crippen LogP contribution in [0.25, 0.3) is 0 Å². The van der Waals surface area contributed by atoms with Crippen molar-refractivity contribution in [2.75, 3.05) is 19.6 Å². The number of thiophene rings is 1. The Hall–Kier alpha value is -0.380. The van der Waals surface area contributed by atoms with Gasteiger partial charge in [0.05, 0.1) is 0 Å². The SMILES string of the molecule is CC(C)C1CN(CCc2cccs2)C(C(C)(C)C)CN1. The zero-order chi connectivity index (χ0) is 14.8. The third kappa shape index (κ3) is 4.06. The lowest BCUT2D eigenvalue weighted by Gasteiger charge is -2.47. The lowest BCUT2D eigenvalue weighted by Crippen LogP contribution is -2.62. The van der Waals surface area contributed by atoms with E-state index in [9.17, 15) is 0 Å². The fourth-order valence-electron chi connectivity index (χ4n) is 3.09. The van der Waals surface area contributed by atoms with Gasteiger partial charge >= 0.3 is 0 Å². The van der Waals surface area contributed by atoms with Crippen LogP contribution in [-0.2, 0) is 6.42 Å². The standard InChI is InChI=1S/C17H30N2S/c1-13(2)15-12-19(9-8-14-7-6-10-20-14)16(11-18-15)17(3,4)5/h6-7,10,13,15-16,18H,8-9,11-12H2,1-5H3. The highest BCUT2D eigenvalue weighted by molar-refractivity contribution is 7.09. The van der Waals surface area contributed by atoms with Gasteiger partial charge in [0.25, 0.3) is 0 Å². The van der Waals surface area contributed by atoms with Crippen molar-refractivity contribution in [1.82, 2.24) is 10.2 Å². The summed E-state index contributed by atoms with van der Waals surface area (Å²) >= 11 is 1.89. The molecule has 1 saturated heterocycles. The molecule has 1 aromatic rings. The summed E-state index contributed by atoms with van der Waals surface area (Å²) in [4.78, 5) is 4.23. The molecule has 1 N–H and O–H groups in total. The van der Waals surface area contributed by atoms with Gasteiger partial charge in [0.2, 0.25) is 0 Å². The number of hydrogen-bond acceptors (Lipinski definition) is 3. The first-order chi connectivity index (χ1) is 9.38. The quantitative estimate of drug-likeness (QED) is 0.912. The van der Waals surface area contributed by atoms with E-state index >= 15 is 0 Å². The van der Waals surface area contributed by atoms with Crippen LogP contribution in [0, 0.1) is 11.3 Å². The lowest BCUT2D eigenvalue weighted by molar-refractivity contribution is 0.0473. The first-order valence-electron chi connectivity index (χ1n) is 7.87. The minimum atomic E-state index is 0.338. The van der Waals surface area contributed by atoms with Crippen molar-refractivity contribution >= 4 is 11.3 Å². The maximum Gasteiger partial charge on any atom is 0.0269 e. The van der Waals surface area contributed by atoms with Gasteiger partial charge in [0.1, 0.15) is 0 Å². The molecule has 0 spiro atoms. The van der Waals surface area contributed by atoms with Gasteiger partial charge in [-0.15, -0.1) is 11.3 Å². The number of nitrogens with one attached hydrogen (secondary N) is 1. The van der Waals surface area contributed by atoms with Crippen molar-refractivity contribution in [3.63, 3.8) is 0 Å². The van der Waals surface area contributed by atoms with Crippen molar-refractivity contribution in [3.05, 3.63) is 22.4 Å². The minimum absolute atomic E-state index is 0.338. The van der Waals surface area contributed by atoms with Crippen LogP contribution in [0.4, 0.5) is 0 Å². The molecule has 114 valence electrons. The van der Waals surface area contributed by atoms with Crippen molar-refractivity contribution < 1.29 is 0 Å². The Kier molecular flexibility index (Phi) is 5.27. The Morgan fingerprint density at radius 2 is 2.15 bits per heavy atom. The van der Waals surface area contributed by atoms with E-state index in [4.69, 9.17) is 0 Å². The molecule has 0 amide bonds. The van der Waals surface area contributed by atoms with Gasteiger partial charge in [-0.25, -0.2) is 0 Å². The smallest absolute Gasteiger partial charge is 0.0269 e. The molecule has 2 atom stereocenters. The Labute approximate surface area is 128 Å². The van der Waals surface area contributed by atoms with Crippen molar-refractivity contribution in [2.24, 2.45) is 11.3 Å². The second-order valence-corrected chi connectivity index (χ2v) is 8.50. The first-order valence-corrected chi connectivity index (χ1v) is 8.75. The number of hydrogen-bond donors (Lipinski definition) is 1. The number of piperazine rings is 1. The molecule has 0 saturated carbocycles. The van der Waals surface area contributed by atoms with E-state index in [-0.39, 0.29) is 0 Å². The first kappa shape index (κ1) is 16.0. The molecule has 2 rings (SSSR count). The van der Waals surface area contributed by atoms with Gasteiger partial charge < -0.3 is 5.32 Å². The van der Waals surface area contributed by atoms with Crippen LogP contribution < -0.4 is 5.32 Å². The molecule has 2 nitrogen and oxygen atoms in total. The Balaban J connectivity index is 2.01. The fourth-order valence-corrected chi connectivity index (χ4v) is 3.79. The van der Waals surface area contributed by atoms with Crippen LogP contribution in [-0.4, -0.2) is 36.6 Å². The van der Waals surface area contributed by atoms with Crippen molar-refractivity contribution in [3.8, 4) is 0 Å². The predicted octanol–water partition coefficient (Wildman–Crippen LogP) is 3.64. The lowest BCUT2D eigenvalue weighted by atomic mass is 9.83. The highest BCUT2D eigenvalue weighted by Crippen LogP contribution is 2.28. The Morgan fingerprint density at radius 1 is 1.40 bits per heavy atom. The second-order valence-electron chi connectivity index (χ2n) is 7.46. The van der Waals surface area contributed by atoms with E-state index in [0.717, 1.165) is 6.54 Å². The van der Waals surface area contributed by atoms with E-state index in [1.54, 1.807) is 0 Å². The van der Waals surface area contributed by atoms with Gasteiger partial charge in [-0.3, -0.25) is 4.90 Å². The molecule has 1 aromatic heterocycles. The predicted molar refractivity (Wildman–Crippen MR) is 89.5 cm³/mol. The number of rotatable bonds is 4. The average Bonchev–Trinajstić information content (AvgIpc) is 2.87. The summed E-state index contributed by atoms with van der Waals surface area (Å²) in [5.41, 5.74) is 0.338. The summed E-state index contributed by atoms with van der Waals surface area (Å²) in [6.07, 6.45) is 1.19. The van der Waals surface area contributed by atoms with Crippen LogP contribution in [0.5, 0.6) is 0 Å². The molecule has 2 unspecified atom stereocenters. The largest absolute Gasteiger partial charge is 0.311 e. The van der Waals surface area contributed by atoms with Gasteiger partial charge in [0, 0.05) is 36.6 Å². The molecular formula is C17H30N2S. The van der Waals surface area contributed by atoms with E-state index in [2.05, 4.69) is 62.3 Å². The molecular weight excluding hydrogens is 264 g/mol. The Bertz CT molecular complexity index is 392. The van der Waals surface area contributed by atoms with E-state index in [1.807, 2.05) is 11.3 Å². The highest BCUT2D eigenvalue weighted by Gasteiger charge is 2.35. The van der Waals surface area contributed by atoms with Crippen LogP contribution in [0.2, 0.25) is 0 Å². The van der Waals surface area contributed by atoms with Crippen LogP contribution in [0.15, 0.2) is 17.5 Å². The normalized spacial score (nSPS) is 25.3. The summed E-state index contributed by atoms with van der Waals surface area (Å²) in [6.45, 7) is 15.3. The van der Waals surface area contributed by atoms with Gasteiger partial charge in [-0.2, -0.15) is 0 Å². The molecule has 0 aromatic carbocycles. The average molecular weight is 295 g/mol. The molecule has 0 radical (unpaired) electrons. The number of nitrogens with zero attached hydrogens (tertiary/aromatic N) is 1. The molecule has 1 aliphatic rings. The van der Waals surface area contributed by atoms with E-state index in [1.165, 1.54) is 24.4 Å². The van der Waals surface area contributed by atoms with E-state index in [0.29, 0.717) is 23.4 Å². The molecule has 1 aliphatic heterocycles. The third-order valence-electron chi connectivity index (χ3n) is 4.48. The monoisotopic (exact) mass is 294 g/mol. The maximum atomic E-state index is 3.76. The molecule has 2 heterocycles. The zero-order valence-corrected chi connectivity index (χ0v) is 14.5. The van der Waals surface area contributed by atoms with Crippen LogP contribution in [0.1, 0.15) is 39.5 Å². The van der Waals surface area contributed by atoms with Crippen molar-refractivity contribution in [2.45, 2.75) is 53.1 Å². The second kappa shape index (κ2) is 6.59. The summed E-state index contributed by atoms with van der Waals surface area (Å²) in [7, 11) is 0. The van der Waals surface area contributed by atoms with Crippen LogP contribution >= 0.6 is 11.3 Å².